The van der Waals surface area contributed by atoms with Crippen molar-refractivity contribution in [3.05, 3.63) is 21.7 Å². The molecule has 0 aromatic heterocycles. The lowest BCUT2D eigenvalue weighted by atomic mass is 9.97. The summed E-state index contributed by atoms with van der Waals surface area (Å²) in [6.45, 7) is 1.74. The van der Waals surface area contributed by atoms with Gasteiger partial charge in [-0.25, -0.2) is 4.79 Å². The molecule has 2 rings (SSSR count). The molecule has 0 radical (unpaired) electrons. The molecule has 0 spiro atoms. The van der Waals surface area contributed by atoms with Crippen LogP contribution in [0.5, 0.6) is 11.5 Å². The fraction of sp³-hybridized carbons (Fsp3) is 0.300. The van der Waals surface area contributed by atoms with Crippen LogP contribution >= 0.6 is 15.9 Å². The summed E-state index contributed by atoms with van der Waals surface area (Å²) in [4.78, 5) is 11.5. The van der Waals surface area contributed by atoms with Crippen molar-refractivity contribution in [2.75, 3.05) is 0 Å². The SMILES string of the molecule is CC1Cc2c(O)cc(Br)c(O)c2C(=O)O1. The molecule has 0 bridgehead atoms. The average Bonchev–Trinajstić information content (AvgIpc) is 2.13. The normalized spacial score (nSPS) is 19.6. The Hall–Kier alpha value is -1.23. The number of benzene rings is 1. The van der Waals surface area contributed by atoms with Gasteiger partial charge in [0.25, 0.3) is 0 Å². The monoisotopic (exact) mass is 272 g/mol. The first-order valence-electron chi connectivity index (χ1n) is 4.45. The number of hydrogen-bond acceptors (Lipinski definition) is 4. The maximum atomic E-state index is 11.5. The molecule has 15 heavy (non-hydrogen) atoms. The number of fused-ring (bicyclic) bond motifs is 1. The zero-order valence-electron chi connectivity index (χ0n) is 7.95. The average molecular weight is 273 g/mol. The first-order valence-corrected chi connectivity index (χ1v) is 5.24. The Morgan fingerprint density at radius 1 is 1.53 bits per heavy atom. The standard InChI is InChI=1S/C10H9BrO4/c1-4-2-5-7(12)3-6(11)9(13)8(5)10(14)15-4/h3-4,12-13H,2H2,1H3. The second-order valence-corrected chi connectivity index (χ2v) is 4.35. The Morgan fingerprint density at radius 2 is 2.20 bits per heavy atom. The zero-order valence-corrected chi connectivity index (χ0v) is 9.54. The van der Waals surface area contributed by atoms with Crippen LogP contribution in [0.15, 0.2) is 10.5 Å². The molecule has 1 aromatic carbocycles. The third kappa shape index (κ3) is 1.56. The lowest BCUT2D eigenvalue weighted by molar-refractivity contribution is 0.0294. The van der Waals surface area contributed by atoms with Gasteiger partial charge in [0, 0.05) is 12.0 Å². The summed E-state index contributed by atoms with van der Waals surface area (Å²) in [5.41, 5.74) is 0.499. The number of rotatable bonds is 0. The van der Waals surface area contributed by atoms with Crippen LogP contribution in [0.3, 0.4) is 0 Å². The molecular weight excluding hydrogens is 264 g/mol. The maximum Gasteiger partial charge on any atom is 0.342 e. The summed E-state index contributed by atoms with van der Waals surface area (Å²) < 4.78 is 5.26. The highest BCUT2D eigenvalue weighted by atomic mass is 79.9. The van der Waals surface area contributed by atoms with Crippen molar-refractivity contribution in [3.63, 3.8) is 0 Å². The van der Waals surface area contributed by atoms with Gasteiger partial charge in [0.15, 0.2) is 0 Å². The molecule has 0 amide bonds. The van der Waals surface area contributed by atoms with E-state index in [-0.39, 0.29) is 27.6 Å². The van der Waals surface area contributed by atoms with E-state index in [0.717, 1.165) is 0 Å². The smallest absolute Gasteiger partial charge is 0.342 e. The van der Waals surface area contributed by atoms with E-state index >= 15 is 0 Å². The number of hydrogen-bond donors (Lipinski definition) is 2. The molecule has 4 nitrogen and oxygen atoms in total. The van der Waals surface area contributed by atoms with Gasteiger partial charge in [0.2, 0.25) is 0 Å². The largest absolute Gasteiger partial charge is 0.508 e. The van der Waals surface area contributed by atoms with Gasteiger partial charge in [-0.2, -0.15) is 0 Å². The Morgan fingerprint density at radius 3 is 2.87 bits per heavy atom. The lowest BCUT2D eigenvalue weighted by Crippen LogP contribution is -2.25. The highest BCUT2D eigenvalue weighted by Gasteiger charge is 2.30. The van der Waals surface area contributed by atoms with Gasteiger partial charge < -0.3 is 14.9 Å². The van der Waals surface area contributed by atoms with E-state index in [4.69, 9.17) is 4.74 Å². The first kappa shape index (κ1) is 10.3. The first-order chi connectivity index (χ1) is 7.00. The van der Waals surface area contributed by atoms with E-state index in [9.17, 15) is 15.0 Å². The van der Waals surface area contributed by atoms with Gasteiger partial charge >= 0.3 is 5.97 Å². The number of phenolic OH excluding ortho intramolecular Hbond substituents is 2. The molecule has 2 N–H and O–H groups in total. The van der Waals surface area contributed by atoms with Gasteiger partial charge in [-0.05, 0) is 28.9 Å². The molecule has 0 fully saturated rings. The molecule has 0 saturated heterocycles. The van der Waals surface area contributed by atoms with Gasteiger partial charge in [-0.3, -0.25) is 0 Å². The number of aromatic hydroxyl groups is 2. The number of carbonyl (C=O) groups excluding carboxylic acids is 1. The van der Waals surface area contributed by atoms with Gasteiger partial charge in [0.05, 0.1) is 4.47 Å². The van der Waals surface area contributed by atoms with E-state index in [0.29, 0.717) is 12.0 Å². The highest BCUT2D eigenvalue weighted by Crippen LogP contribution is 2.39. The summed E-state index contributed by atoms with van der Waals surface area (Å²) in [5, 5.41) is 19.3. The molecule has 1 aromatic rings. The molecule has 0 saturated carbocycles. The topological polar surface area (TPSA) is 66.8 Å². The molecule has 1 aliphatic rings. The minimum absolute atomic E-state index is 0.00169. The third-order valence-electron chi connectivity index (χ3n) is 2.34. The van der Waals surface area contributed by atoms with E-state index in [1.54, 1.807) is 6.92 Å². The highest BCUT2D eigenvalue weighted by molar-refractivity contribution is 9.10. The number of carbonyl (C=O) groups is 1. The van der Waals surface area contributed by atoms with Crippen LogP contribution in [0, 0.1) is 0 Å². The molecule has 1 aliphatic heterocycles. The summed E-state index contributed by atoms with van der Waals surface area (Å²) in [6, 6.07) is 1.37. The van der Waals surface area contributed by atoms with E-state index in [2.05, 4.69) is 15.9 Å². The fourth-order valence-electron chi connectivity index (χ4n) is 1.66. The minimum atomic E-state index is -0.599. The van der Waals surface area contributed by atoms with Crippen molar-refractivity contribution in [2.45, 2.75) is 19.4 Å². The minimum Gasteiger partial charge on any atom is -0.508 e. The van der Waals surface area contributed by atoms with E-state index in [1.165, 1.54) is 6.07 Å². The summed E-state index contributed by atoms with van der Waals surface area (Å²) in [6.07, 6.45) is 0.129. The Balaban J connectivity index is 2.69. The van der Waals surface area contributed by atoms with Gasteiger partial charge in [-0.1, -0.05) is 0 Å². The zero-order chi connectivity index (χ0) is 11.2. The molecule has 80 valence electrons. The second-order valence-electron chi connectivity index (χ2n) is 3.50. The van der Waals surface area contributed by atoms with Crippen molar-refractivity contribution in [1.82, 2.24) is 0 Å². The number of esters is 1. The van der Waals surface area contributed by atoms with Gasteiger partial charge in [0.1, 0.15) is 23.2 Å². The number of ether oxygens (including phenoxy) is 1. The van der Waals surface area contributed by atoms with Crippen LogP contribution in [-0.2, 0) is 11.2 Å². The molecule has 1 atom stereocenters. The molecule has 1 unspecified atom stereocenters. The van der Waals surface area contributed by atoms with Gasteiger partial charge in [-0.15, -0.1) is 0 Å². The van der Waals surface area contributed by atoms with Crippen LogP contribution in [-0.4, -0.2) is 22.3 Å². The molecular formula is C10H9BrO4. The van der Waals surface area contributed by atoms with Crippen molar-refractivity contribution >= 4 is 21.9 Å². The predicted molar refractivity (Wildman–Crippen MR) is 56.1 cm³/mol. The second kappa shape index (κ2) is 3.41. The quantitative estimate of drug-likeness (QED) is 0.560. The number of halogens is 1. The Bertz CT molecular complexity index is 442. The lowest BCUT2D eigenvalue weighted by Gasteiger charge is -2.23. The third-order valence-corrected chi connectivity index (χ3v) is 2.95. The van der Waals surface area contributed by atoms with Crippen molar-refractivity contribution in [1.29, 1.82) is 0 Å². The molecule has 0 aliphatic carbocycles. The van der Waals surface area contributed by atoms with Crippen molar-refractivity contribution in [3.8, 4) is 11.5 Å². The summed E-state index contributed by atoms with van der Waals surface area (Å²) in [5.74, 6) is -0.782. The molecule has 1 heterocycles. The van der Waals surface area contributed by atoms with Crippen LogP contribution in [0.25, 0.3) is 0 Å². The van der Waals surface area contributed by atoms with Crippen molar-refractivity contribution in [2.24, 2.45) is 0 Å². The van der Waals surface area contributed by atoms with Crippen molar-refractivity contribution < 1.29 is 19.7 Å². The fourth-order valence-corrected chi connectivity index (χ4v) is 2.08. The number of phenols is 2. The number of cyclic esters (lactones) is 1. The van der Waals surface area contributed by atoms with E-state index < -0.39 is 5.97 Å². The van der Waals surface area contributed by atoms with E-state index in [1.807, 2.05) is 0 Å². The van der Waals surface area contributed by atoms with Crippen LogP contribution in [0.1, 0.15) is 22.8 Å². The van der Waals surface area contributed by atoms with Crippen LogP contribution in [0.2, 0.25) is 0 Å². The molecule has 5 heteroatoms. The van der Waals surface area contributed by atoms with Crippen LogP contribution < -0.4 is 0 Å². The Labute approximate surface area is 94.6 Å². The van der Waals surface area contributed by atoms with Crippen LogP contribution in [0.4, 0.5) is 0 Å². The Kier molecular flexibility index (Phi) is 2.34. The predicted octanol–water partition coefficient (Wildman–Crippen LogP) is 1.96. The summed E-state index contributed by atoms with van der Waals surface area (Å²) in [7, 11) is 0. The summed E-state index contributed by atoms with van der Waals surface area (Å²) >= 11 is 3.05. The maximum absolute atomic E-state index is 11.5.